The molecule has 0 saturated carbocycles. The van der Waals surface area contributed by atoms with Crippen LogP contribution in [0, 0.1) is 11.6 Å². The maximum Gasteiger partial charge on any atom is 0.341 e. The lowest BCUT2D eigenvalue weighted by molar-refractivity contribution is 0.0695. The van der Waals surface area contributed by atoms with E-state index in [1.807, 2.05) is 6.92 Å². The second kappa shape index (κ2) is 5.17. The molecule has 6 heteroatoms. The number of aromatic nitrogens is 1. The lowest BCUT2D eigenvalue weighted by Gasteiger charge is -2.00. The molecule has 2 rings (SSSR count). The summed E-state index contributed by atoms with van der Waals surface area (Å²) in [5.74, 6) is -3.04. The highest BCUT2D eigenvalue weighted by atomic mass is 19.2. The molecule has 0 radical (unpaired) electrons. The highest BCUT2D eigenvalue weighted by Gasteiger charge is 2.23. The molecule has 0 atom stereocenters. The van der Waals surface area contributed by atoms with E-state index in [4.69, 9.17) is 4.52 Å². The molecule has 0 aliphatic carbocycles. The molecule has 0 saturated heterocycles. The van der Waals surface area contributed by atoms with Crippen molar-refractivity contribution < 1.29 is 23.2 Å². The first-order valence-electron chi connectivity index (χ1n) is 5.71. The Hall–Kier alpha value is -2.24. The Morgan fingerprint density at radius 3 is 2.68 bits per heavy atom. The third kappa shape index (κ3) is 2.47. The zero-order valence-corrected chi connectivity index (χ0v) is 10.1. The standard InChI is InChI=1S/C13H11F2NO3/c1-2-3-10-11(13(17)18)12(16-19-10)7-4-5-8(14)9(15)6-7/h4-6H,2-3H2,1H3,(H,17,18). The molecule has 0 bridgehead atoms. The summed E-state index contributed by atoms with van der Waals surface area (Å²) in [6.45, 7) is 1.87. The van der Waals surface area contributed by atoms with E-state index in [0.717, 1.165) is 12.1 Å². The van der Waals surface area contributed by atoms with Gasteiger partial charge in [-0.2, -0.15) is 0 Å². The predicted molar refractivity (Wildman–Crippen MR) is 62.8 cm³/mol. The van der Waals surface area contributed by atoms with E-state index in [9.17, 15) is 18.7 Å². The molecule has 0 spiro atoms. The van der Waals surface area contributed by atoms with Gasteiger partial charge in [0, 0.05) is 12.0 Å². The lowest BCUT2D eigenvalue weighted by atomic mass is 10.0. The number of aromatic carboxylic acids is 1. The van der Waals surface area contributed by atoms with Crippen LogP contribution >= 0.6 is 0 Å². The van der Waals surface area contributed by atoms with Crippen LogP contribution in [0.1, 0.15) is 29.5 Å². The predicted octanol–water partition coefficient (Wildman–Crippen LogP) is 3.27. The summed E-state index contributed by atoms with van der Waals surface area (Å²) in [5.41, 5.74) is 0.0742. The number of carboxylic acids is 1. The molecule has 1 N–H and O–H groups in total. The van der Waals surface area contributed by atoms with Crippen molar-refractivity contribution in [3.63, 3.8) is 0 Å². The first-order valence-corrected chi connectivity index (χ1v) is 5.71. The summed E-state index contributed by atoms with van der Waals surface area (Å²) in [6, 6.07) is 3.08. The third-order valence-electron chi connectivity index (χ3n) is 2.65. The molecular weight excluding hydrogens is 256 g/mol. The Morgan fingerprint density at radius 1 is 1.37 bits per heavy atom. The summed E-state index contributed by atoms with van der Waals surface area (Å²) < 4.78 is 31.0. The Balaban J connectivity index is 2.55. The molecule has 1 aromatic heterocycles. The van der Waals surface area contributed by atoms with Gasteiger partial charge in [0.15, 0.2) is 17.4 Å². The van der Waals surface area contributed by atoms with Crippen molar-refractivity contribution >= 4 is 5.97 Å². The van der Waals surface area contributed by atoms with Crippen LogP contribution in [0.5, 0.6) is 0 Å². The molecule has 0 aliphatic heterocycles. The smallest absolute Gasteiger partial charge is 0.341 e. The Kier molecular flexibility index (Phi) is 3.59. The lowest BCUT2D eigenvalue weighted by Crippen LogP contribution is -2.01. The van der Waals surface area contributed by atoms with Crippen LogP contribution in [0.3, 0.4) is 0 Å². The van der Waals surface area contributed by atoms with Crippen LogP contribution in [0.15, 0.2) is 22.7 Å². The molecule has 2 aromatic rings. The van der Waals surface area contributed by atoms with Crippen LogP contribution in [-0.2, 0) is 6.42 Å². The highest BCUT2D eigenvalue weighted by Crippen LogP contribution is 2.27. The molecule has 1 heterocycles. The number of benzene rings is 1. The molecule has 0 aliphatic rings. The van der Waals surface area contributed by atoms with Gasteiger partial charge in [0.25, 0.3) is 0 Å². The van der Waals surface area contributed by atoms with Gasteiger partial charge in [0.1, 0.15) is 11.3 Å². The van der Waals surface area contributed by atoms with E-state index in [-0.39, 0.29) is 22.6 Å². The first-order chi connectivity index (χ1) is 9.04. The van der Waals surface area contributed by atoms with Gasteiger partial charge in [-0.1, -0.05) is 12.1 Å². The quantitative estimate of drug-likeness (QED) is 0.923. The summed E-state index contributed by atoms with van der Waals surface area (Å²) in [7, 11) is 0. The van der Waals surface area contributed by atoms with Gasteiger partial charge in [-0.05, 0) is 24.6 Å². The van der Waals surface area contributed by atoms with E-state index >= 15 is 0 Å². The molecule has 100 valence electrons. The number of carboxylic acid groups (broad SMARTS) is 1. The van der Waals surface area contributed by atoms with Crippen molar-refractivity contribution in [2.45, 2.75) is 19.8 Å². The first kappa shape index (κ1) is 13.2. The minimum Gasteiger partial charge on any atom is -0.477 e. The third-order valence-corrected chi connectivity index (χ3v) is 2.65. The van der Waals surface area contributed by atoms with Crippen LogP contribution in [0.2, 0.25) is 0 Å². The maximum absolute atomic E-state index is 13.2. The fourth-order valence-electron chi connectivity index (χ4n) is 1.78. The summed E-state index contributed by atoms with van der Waals surface area (Å²) in [4.78, 5) is 11.2. The van der Waals surface area contributed by atoms with Gasteiger partial charge in [0.2, 0.25) is 0 Å². The van der Waals surface area contributed by atoms with E-state index in [1.54, 1.807) is 0 Å². The highest BCUT2D eigenvalue weighted by molar-refractivity contribution is 5.95. The van der Waals surface area contributed by atoms with Gasteiger partial charge in [0.05, 0.1) is 0 Å². The van der Waals surface area contributed by atoms with Gasteiger partial charge < -0.3 is 9.63 Å². The van der Waals surface area contributed by atoms with Crippen molar-refractivity contribution in [1.82, 2.24) is 5.16 Å². The van der Waals surface area contributed by atoms with Crippen molar-refractivity contribution in [1.29, 1.82) is 0 Å². The zero-order chi connectivity index (χ0) is 14.0. The monoisotopic (exact) mass is 267 g/mol. The molecule has 1 aromatic carbocycles. The van der Waals surface area contributed by atoms with Crippen molar-refractivity contribution in [3.05, 3.63) is 41.2 Å². The second-order valence-corrected chi connectivity index (χ2v) is 4.01. The van der Waals surface area contributed by atoms with Gasteiger partial charge in [-0.15, -0.1) is 0 Å². The minimum absolute atomic E-state index is 0.00912. The number of nitrogens with zero attached hydrogens (tertiary/aromatic N) is 1. The SMILES string of the molecule is CCCc1onc(-c2ccc(F)c(F)c2)c1C(=O)O. The summed E-state index contributed by atoms with van der Waals surface area (Å²) >= 11 is 0. The van der Waals surface area contributed by atoms with Gasteiger partial charge >= 0.3 is 5.97 Å². The Bertz CT molecular complexity index is 622. The van der Waals surface area contributed by atoms with Crippen molar-refractivity contribution in [2.24, 2.45) is 0 Å². The number of hydrogen-bond acceptors (Lipinski definition) is 3. The maximum atomic E-state index is 13.2. The Morgan fingerprint density at radius 2 is 2.11 bits per heavy atom. The largest absolute Gasteiger partial charge is 0.477 e. The second-order valence-electron chi connectivity index (χ2n) is 4.01. The van der Waals surface area contributed by atoms with Crippen LogP contribution in [0.25, 0.3) is 11.3 Å². The Labute approximate surface area is 107 Å². The average molecular weight is 267 g/mol. The molecule has 4 nitrogen and oxygen atoms in total. The van der Waals surface area contributed by atoms with Crippen molar-refractivity contribution in [3.8, 4) is 11.3 Å². The molecule has 0 amide bonds. The zero-order valence-electron chi connectivity index (χ0n) is 10.1. The number of halogens is 2. The molecule has 0 fully saturated rings. The van der Waals surface area contributed by atoms with Crippen LogP contribution < -0.4 is 0 Å². The van der Waals surface area contributed by atoms with Crippen LogP contribution in [0.4, 0.5) is 8.78 Å². The van der Waals surface area contributed by atoms with Crippen molar-refractivity contribution in [2.75, 3.05) is 0 Å². The number of aryl methyl sites for hydroxylation is 1. The summed E-state index contributed by atoms with van der Waals surface area (Å²) in [5, 5.41) is 12.8. The van der Waals surface area contributed by atoms with E-state index < -0.39 is 17.6 Å². The fourth-order valence-corrected chi connectivity index (χ4v) is 1.78. The normalized spacial score (nSPS) is 10.7. The average Bonchev–Trinajstić information content (AvgIpc) is 2.77. The molecule has 0 unspecified atom stereocenters. The van der Waals surface area contributed by atoms with E-state index in [1.165, 1.54) is 6.07 Å². The fraction of sp³-hybridized carbons (Fsp3) is 0.231. The number of hydrogen-bond donors (Lipinski definition) is 1. The molecular formula is C13H11F2NO3. The summed E-state index contributed by atoms with van der Waals surface area (Å²) in [6.07, 6.45) is 1.10. The van der Waals surface area contributed by atoms with E-state index in [0.29, 0.717) is 12.8 Å². The van der Waals surface area contributed by atoms with Gasteiger partial charge in [-0.3, -0.25) is 0 Å². The van der Waals surface area contributed by atoms with E-state index in [2.05, 4.69) is 5.16 Å². The molecule has 19 heavy (non-hydrogen) atoms. The number of carbonyl (C=O) groups is 1. The number of rotatable bonds is 4. The minimum atomic E-state index is -1.20. The van der Waals surface area contributed by atoms with Gasteiger partial charge in [-0.25, -0.2) is 13.6 Å². The topological polar surface area (TPSA) is 63.3 Å². The van der Waals surface area contributed by atoms with Crippen LogP contribution in [-0.4, -0.2) is 16.2 Å².